The fraction of sp³-hybridized carbons (Fsp3) is 0.167. The number of rotatable bonds is 5. The van der Waals surface area contributed by atoms with Crippen molar-refractivity contribution < 1.29 is 14.3 Å². The van der Waals surface area contributed by atoms with Crippen molar-refractivity contribution in [1.29, 1.82) is 0 Å². The molecule has 0 bridgehead atoms. The number of nitrogens with zero attached hydrogens (tertiary/aromatic N) is 2. The molecular formula is C12H10FIN2O2S. The van der Waals surface area contributed by atoms with Crippen LogP contribution in [0.3, 0.4) is 0 Å². The number of carbonyl (C=O) groups is 1. The molecular weight excluding hydrogens is 382 g/mol. The zero-order valence-electron chi connectivity index (χ0n) is 9.77. The van der Waals surface area contributed by atoms with Crippen LogP contribution in [0.4, 0.5) is 4.39 Å². The molecule has 0 fully saturated rings. The van der Waals surface area contributed by atoms with Crippen molar-refractivity contribution in [3.05, 3.63) is 34.2 Å². The molecule has 0 saturated carbocycles. The van der Waals surface area contributed by atoms with Gasteiger partial charge in [-0.05, 0) is 28.7 Å². The van der Waals surface area contributed by atoms with Gasteiger partial charge < -0.3 is 9.67 Å². The van der Waals surface area contributed by atoms with Crippen LogP contribution < -0.4 is 0 Å². The summed E-state index contributed by atoms with van der Waals surface area (Å²) in [6, 6.07) is 3.06. The van der Waals surface area contributed by atoms with Crippen molar-refractivity contribution in [3.8, 4) is 0 Å². The Labute approximate surface area is 126 Å². The topological polar surface area (TPSA) is 55.1 Å². The second-order valence-corrected chi connectivity index (χ2v) is 5.84. The van der Waals surface area contributed by atoms with Crippen molar-refractivity contribution in [3.63, 3.8) is 0 Å². The van der Waals surface area contributed by atoms with Gasteiger partial charge in [-0.25, -0.2) is 9.37 Å². The van der Waals surface area contributed by atoms with Gasteiger partial charge in [0.15, 0.2) is 5.16 Å². The summed E-state index contributed by atoms with van der Waals surface area (Å²) in [6.45, 7) is 4.11. The minimum Gasteiger partial charge on any atom is -0.481 e. The van der Waals surface area contributed by atoms with E-state index < -0.39 is 5.97 Å². The zero-order valence-corrected chi connectivity index (χ0v) is 12.7. The molecule has 0 aliphatic rings. The number of halogens is 2. The van der Waals surface area contributed by atoms with E-state index in [4.69, 9.17) is 5.11 Å². The SMILES string of the molecule is C=CCn1c(SCC(=O)O)nc2cc(I)c(F)cc21. The number of fused-ring (bicyclic) bond motifs is 1. The number of carboxylic acids is 1. The second kappa shape index (κ2) is 5.91. The van der Waals surface area contributed by atoms with E-state index in [1.807, 2.05) is 22.6 Å². The summed E-state index contributed by atoms with van der Waals surface area (Å²) in [5.41, 5.74) is 1.30. The fourth-order valence-electron chi connectivity index (χ4n) is 1.64. The van der Waals surface area contributed by atoms with E-state index in [0.717, 1.165) is 11.8 Å². The lowest BCUT2D eigenvalue weighted by atomic mass is 10.3. The molecule has 0 amide bonds. The average Bonchev–Trinajstić information content (AvgIpc) is 2.66. The van der Waals surface area contributed by atoms with Gasteiger partial charge in [-0.1, -0.05) is 17.8 Å². The predicted molar refractivity (Wildman–Crippen MR) is 81.0 cm³/mol. The quantitative estimate of drug-likeness (QED) is 0.483. The second-order valence-electron chi connectivity index (χ2n) is 3.73. The minimum atomic E-state index is -0.914. The van der Waals surface area contributed by atoms with Crippen LogP contribution in [0.1, 0.15) is 0 Å². The van der Waals surface area contributed by atoms with Gasteiger partial charge in [0, 0.05) is 12.6 Å². The van der Waals surface area contributed by atoms with Gasteiger partial charge in [-0.3, -0.25) is 4.79 Å². The molecule has 19 heavy (non-hydrogen) atoms. The third-order valence-corrected chi connectivity index (χ3v) is 4.18. The van der Waals surface area contributed by atoms with E-state index >= 15 is 0 Å². The minimum absolute atomic E-state index is 0.0833. The predicted octanol–water partition coefficient (Wildman–Crippen LogP) is 3.14. The van der Waals surface area contributed by atoms with Crippen LogP contribution in [0, 0.1) is 9.39 Å². The first-order valence-corrected chi connectivity index (χ1v) is 7.40. The first-order chi connectivity index (χ1) is 9.02. The Morgan fingerprint density at radius 1 is 1.63 bits per heavy atom. The lowest BCUT2D eigenvalue weighted by Gasteiger charge is -2.04. The number of carboxylic acid groups (broad SMARTS) is 1. The normalized spacial score (nSPS) is 10.8. The summed E-state index contributed by atoms with van der Waals surface area (Å²) in [5.74, 6) is -1.31. The summed E-state index contributed by atoms with van der Waals surface area (Å²) in [6.07, 6.45) is 1.67. The van der Waals surface area contributed by atoms with Crippen molar-refractivity contribution >= 4 is 51.4 Å². The summed E-state index contributed by atoms with van der Waals surface area (Å²) < 4.78 is 15.9. The molecule has 1 aromatic heterocycles. The Balaban J connectivity index is 2.52. The Morgan fingerprint density at radius 2 is 2.37 bits per heavy atom. The number of aromatic nitrogens is 2. The van der Waals surface area contributed by atoms with Crippen LogP contribution in [0.15, 0.2) is 29.9 Å². The molecule has 0 spiro atoms. The number of allylic oxidation sites excluding steroid dienone is 1. The summed E-state index contributed by atoms with van der Waals surface area (Å²) in [4.78, 5) is 15.0. The van der Waals surface area contributed by atoms with Gasteiger partial charge >= 0.3 is 5.97 Å². The van der Waals surface area contributed by atoms with Crippen molar-refractivity contribution in [2.45, 2.75) is 11.7 Å². The Hall–Kier alpha value is -1.09. The zero-order chi connectivity index (χ0) is 14.0. The molecule has 2 aromatic rings. The van der Waals surface area contributed by atoms with Gasteiger partial charge in [-0.15, -0.1) is 6.58 Å². The molecule has 1 heterocycles. The highest BCUT2D eigenvalue weighted by atomic mass is 127. The van der Waals surface area contributed by atoms with E-state index in [-0.39, 0.29) is 11.6 Å². The van der Waals surface area contributed by atoms with Gasteiger partial charge in [-0.2, -0.15) is 0 Å². The first-order valence-electron chi connectivity index (χ1n) is 5.33. The monoisotopic (exact) mass is 392 g/mol. The fourth-order valence-corrected chi connectivity index (χ4v) is 2.83. The standard InChI is InChI=1S/C12H10FIN2O2S/c1-2-3-16-10-4-7(13)8(14)5-9(10)15-12(16)19-6-11(17)18/h2,4-5H,1,3,6H2,(H,17,18). The van der Waals surface area contributed by atoms with Crippen LogP contribution in [-0.2, 0) is 11.3 Å². The van der Waals surface area contributed by atoms with Gasteiger partial charge in [0.1, 0.15) is 5.82 Å². The van der Waals surface area contributed by atoms with E-state index in [1.165, 1.54) is 6.07 Å². The summed E-state index contributed by atoms with van der Waals surface area (Å²) >= 11 is 3.01. The number of hydrogen-bond donors (Lipinski definition) is 1. The van der Waals surface area contributed by atoms with Crippen LogP contribution in [0.25, 0.3) is 11.0 Å². The van der Waals surface area contributed by atoms with E-state index in [2.05, 4.69) is 11.6 Å². The Morgan fingerprint density at radius 3 is 3.00 bits per heavy atom. The molecule has 0 aliphatic heterocycles. The van der Waals surface area contributed by atoms with Crippen LogP contribution in [0.2, 0.25) is 0 Å². The molecule has 1 N–H and O–H groups in total. The number of aliphatic carboxylic acids is 1. The molecule has 0 unspecified atom stereocenters. The molecule has 4 nitrogen and oxygen atoms in total. The summed E-state index contributed by atoms with van der Waals surface area (Å²) in [5, 5.41) is 9.27. The van der Waals surface area contributed by atoms with Gasteiger partial charge in [0.2, 0.25) is 0 Å². The number of imidazole rings is 1. The number of benzene rings is 1. The number of hydrogen-bond acceptors (Lipinski definition) is 3. The highest BCUT2D eigenvalue weighted by Crippen LogP contribution is 2.26. The lowest BCUT2D eigenvalue weighted by Crippen LogP contribution is -2.02. The smallest absolute Gasteiger partial charge is 0.313 e. The highest BCUT2D eigenvalue weighted by molar-refractivity contribution is 14.1. The highest BCUT2D eigenvalue weighted by Gasteiger charge is 2.14. The Kier molecular flexibility index (Phi) is 4.46. The van der Waals surface area contributed by atoms with E-state index in [1.54, 1.807) is 16.7 Å². The summed E-state index contributed by atoms with van der Waals surface area (Å²) in [7, 11) is 0. The van der Waals surface area contributed by atoms with Crippen molar-refractivity contribution in [2.75, 3.05) is 5.75 Å². The molecule has 0 aliphatic carbocycles. The van der Waals surface area contributed by atoms with Crippen LogP contribution in [0.5, 0.6) is 0 Å². The third-order valence-electron chi connectivity index (χ3n) is 2.39. The maximum Gasteiger partial charge on any atom is 0.313 e. The number of thioether (sulfide) groups is 1. The molecule has 0 atom stereocenters. The maximum atomic E-state index is 13.6. The average molecular weight is 392 g/mol. The van der Waals surface area contributed by atoms with Gasteiger partial charge in [0.25, 0.3) is 0 Å². The first kappa shape index (κ1) is 14.3. The Bertz CT molecular complexity index is 657. The molecule has 7 heteroatoms. The molecule has 100 valence electrons. The third kappa shape index (κ3) is 3.08. The largest absolute Gasteiger partial charge is 0.481 e. The van der Waals surface area contributed by atoms with Gasteiger partial charge in [0.05, 0.1) is 20.4 Å². The molecule has 0 saturated heterocycles. The van der Waals surface area contributed by atoms with Crippen molar-refractivity contribution in [2.24, 2.45) is 0 Å². The van der Waals surface area contributed by atoms with Crippen LogP contribution >= 0.6 is 34.4 Å². The molecule has 1 aromatic carbocycles. The molecule has 0 radical (unpaired) electrons. The molecule has 2 rings (SSSR count). The van der Waals surface area contributed by atoms with Crippen molar-refractivity contribution in [1.82, 2.24) is 9.55 Å². The maximum absolute atomic E-state index is 13.6. The van der Waals surface area contributed by atoms with E-state index in [9.17, 15) is 9.18 Å². The van der Waals surface area contributed by atoms with Crippen LogP contribution in [-0.4, -0.2) is 26.4 Å². The lowest BCUT2D eigenvalue weighted by molar-refractivity contribution is -0.133. The van der Waals surface area contributed by atoms with E-state index in [0.29, 0.717) is 26.3 Å².